The normalized spacial score (nSPS) is 17.0. The summed E-state index contributed by atoms with van der Waals surface area (Å²) >= 11 is 0. The van der Waals surface area contributed by atoms with Crippen molar-refractivity contribution >= 4 is 11.8 Å². The van der Waals surface area contributed by atoms with Crippen molar-refractivity contribution in [1.29, 1.82) is 0 Å². The third-order valence-electron chi connectivity index (χ3n) is 1.15. The average molecular weight is 125 g/mol. The molecule has 0 N–H and O–H groups in total. The van der Waals surface area contributed by atoms with Gasteiger partial charge in [-0.2, -0.15) is 0 Å². The Kier molecular flexibility index (Phi) is 1.34. The first-order valence-electron chi connectivity index (χ1n) is 2.71. The second-order valence-corrected chi connectivity index (χ2v) is 1.87. The molecule has 0 atom stereocenters. The van der Waals surface area contributed by atoms with Crippen molar-refractivity contribution in [3.63, 3.8) is 0 Å². The van der Waals surface area contributed by atoms with E-state index in [9.17, 15) is 9.59 Å². The van der Waals surface area contributed by atoms with Crippen molar-refractivity contribution in [2.75, 3.05) is 0 Å². The quantitative estimate of drug-likeness (QED) is 0.466. The topological polar surface area (TPSA) is 37.4 Å². The van der Waals surface area contributed by atoms with Crippen LogP contribution in [0.25, 0.3) is 0 Å². The second kappa shape index (κ2) is 2.01. The van der Waals surface area contributed by atoms with Crippen molar-refractivity contribution < 1.29 is 9.59 Å². The molecule has 0 bridgehead atoms. The fraction of sp³-hybridized carbons (Fsp3) is 0.333. The predicted molar refractivity (Wildman–Crippen MR) is 31.3 cm³/mol. The zero-order chi connectivity index (χ0) is 6.85. The molecule has 1 rings (SSSR count). The summed E-state index contributed by atoms with van der Waals surface area (Å²) in [6, 6.07) is 0. The second-order valence-electron chi connectivity index (χ2n) is 1.87. The SMILES string of the molecule is CC(=O)N1C=CCC1=O. The van der Waals surface area contributed by atoms with Crippen LogP contribution in [-0.4, -0.2) is 16.7 Å². The fourth-order valence-electron chi connectivity index (χ4n) is 0.721. The van der Waals surface area contributed by atoms with E-state index in [4.69, 9.17) is 0 Å². The zero-order valence-electron chi connectivity index (χ0n) is 5.13. The summed E-state index contributed by atoms with van der Waals surface area (Å²) in [5, 5.41) is 0. The van der Waals surface area contributed by atoms with Gasteiger partial charge in [0.05, 0.1) is 0 Å². The highest BCUT2D eigenvalue weighted by Crippen LogP contribution is 2.05. The van der Waals surface area contributed by atoms with Crippen molar-refractivity contribution in [1.82, 2.24) is 4.90 Å². The molecule has 0 unspecified atom stereocenters. The summed E-state index contributed by atoms with van der Waals surface area (Å²) in [5.74, 6) is -0.351. The molecule has 0 fully saturated rings. The molecule has 2 amide bonds. The average Bonchev–Trinajstić information content (AvgIpc) is 2.13. The van der Waals surface area contributed by atoms with Gasteiger partial charge in [-0.1, -0.05) is 6.08 Å². The highest BCUT2D eigenvalue weighted by atomic mass is 16.2. The lowest BCUT2D eigenvalue weighted by atomic mass is 10.4. The summed E-state index contributed by atoms with van der Waals surface area (Å²) in [7, 11) is 0. The molecule has 0 aliphatic carbocycles. The Morgan fingerprint density at radius 2 is 2.44 bits per heavy atom. The van der Waals surface area contributed by atoms with Crippen LogP contribution in [0.4, 0.5) is 0 Å². The van der Waals surface area contributed by atoms with Gasteiger partial charge in [-0.05, 0) is 0 Å². The smallest absolute Gasteiger partial charge is 0.237 e. The molecule has 48 valence electrons. The van der Waals surface area contributed by atoms with Gasteiger partial charge in [0.1, 0.15) is 0 Å². The van der Waals surface area contributed by atoms with Gasteiger partial charge in [0, 0.05) is 19.5 Å². The fourth-order valence-corrected chi connectivity index (χ4v) is 0.721. The highest BCUT2D eigenvalue weighted by molar-refractivity contribution is 5.97. The van der Waals surface area contributed by atoms with Crippen LogP contribution >= 0.6 is 0 Å². The molecule has 1 heterocycles. The number of carbonyl (C=O) groups excluding carboxylic acids is 2. The van der Waals surface area contributed by atoms with Crippen LogP contribution in [0, 0.1) is 0 Å². The van der Waals surface area contributed by atoms with E-state index >= 15 is 0 Å². The number of hydrogen-bond acceptors (Lipinski definition) is 2. The van der Waals surface area contributed by atoms with Crippen LogP contribution in [0.3, 0.4) is 0 Å². The molecule has 1 aliphatic rings. The summed E-state index contributed by atoms with van der Waals surface area (Å²) < 4.78 is 0. The third-order valence-corrected chi connectivity index (χ3v) is 1.15. The van der Waals surface area contributed by atoms with E-state index in [0.29, 0.717) is 6.42 Å². The zero-order valence-corrected chi connectivity index (χ0v) is 5.13. The van der Waals surface area contributed by atoms with Gasteiger partial charge in [-0.3, -0.25) is 14.5 Å². The van der Waals surface area contributed by atoms with Gasteiger partial charge in [-0.25, -0.2) is 0 Å². The summed E-state index contributed by atoms with van der Waals surface area (Å²) in [6.45, 7) is 1.37. The van der Waals surface area contributed by atoms with Gasteiger partial charge >= 0.3 is 0 Å². The monoisotopic (exact) mass is 125 g/mol. The molecule has 9 heavy (non-hydrogen) atoms. The molecule has 0 aromatic carbocycles. The summed E-state index contributed by atoms with van der Waals surface area (Å²) in [5.41, 5.74) is 0. The molecular formula is C6H7NO2. The number of nitrogens with zero attached hydrogens (tertiary/aromatic N) is 1. The maximum absolute atomic E-state index is 10.7. The van der Waals surface area contributed by atoms with Gasteiger partial charge < -0.3 is 0 Å². The van der Waals surface area contributed by atoms with Crippen molar-refractivity contribution in [3.05, 3.63) is 12.3 Å². The van der Waals surface area contributed by atoms with Crippen LogP contribution in [0.1, 0.15) is 13.3 Å². The van der Waals surface area contributed by atoms with E-state index in [-0.39, 0.29) is 11.8 Å². The van der Waals surface area contributed by atoms with Crippen LogP contribution in [0.15, 0.2) is 12.3 Å². The number of rotatable bonds is 0. The number of amides is 2. The largest absolute Gasteiger partial charge is 0.274 e. The minimum absolute atomic E-state index is 0.137. The maximum atomic E-state index is 10.7. The Bertz CT molecular complexity index is 183. The van der Waals surface area contributed by atoms with Crippen LogP contribution in [0.2, 0.25) is 0 Å². The molecule has 0 spiro atoms. The predicted octanol–water partition coefficient (Wildman–Crippen LogP) is 0.279. The van der Waals surface area contributed by atoms with Crippen LogP contribution < -0.4 is 0 Å². The van der Waals surface area contributed by atoms with Crippen molar-refractivity contribution in [2.45, 2.75) is 13.3 Å². The van der Waals surface area contributed by atoms with E-state index in [2.05, 4.69) is 0 Å². The maximum Gasteiger partial charge on any atom is 0.237 e. The van der Waals surface area contributed by atoms with Crippen LogP contribution in [-0.2, 0) is 9.59 Å². The van der Waals surface area contributed by atoms with Gasteiger partial charge in [0.25, 0.3) is 0 Å². The van der Waals surface area contributed by atoms with Crippen LogP contribution in [0.5, 0.6) is 0 Å². The first-order chi connectivity index (χ1) is 4.22. The van der Waals surface area contributed by atoms with Gasteiger partial charge in [-0.15, -0.1) is 0 Å². The van der Waals surface area contributed by atoms with E-state index < -0.39 is 0 Å². The standard InChI is InChI=1S/C6H7NO2/c1-5(8)7-4-2-3-6(7)9/h2,4H,3H2,1H3. The molecule has 0 aromatic heterocycles. The molecule has 0 saturated heterocycles. The van der Waals surface area contributed by atoms with Crippen molar-refractivity contribution in [3.8, 4) is 0 Å². The Labute approximate surface area is 53.0 Å². The minimum Gasteiger partial charge on any atom is -0.274 e. The van der Waals surface area contributed by atoms with Gasteiger partial charge in [0.15, 0.2) is 0 Å². The third kappa shape index (κ3) is 0.988. The van der Waals surface area contributed by atoms with Gasteiger partial charge in [0.2, 0.25) is 11.8 Å². The lowest BCUT2D eigenvalue weighted by Gasteiger charge is -2.05. The molecule has 0 saturated carbocycles. The lowest BCUT2D eigenvalue weighted by Crippen LogP contribution is -2.25. The molecule has 0 radical (unpaired) electrons. The Balaban J connectivity index is 2.71. The molecule has 0 aromatic rings. The molecule has 3 nitrogen and oxygen atoms in total. The first kappa shape index (κ1) is 6.01. The lowest BCUT2D eigenvalue weighted by molar-refractivity contribution is -0.138. The molecular weight excluding hydrogens is 118 g/mol. The Hall–Kier alpha value is -1.12. The number of imide groups is 1. The summed E-state index contributed by atoms with van der Waals surface area (Å²) in [6.07, 6.45) is 3.54. The first-order valence-corrected chi connectivity index (χ1v) is 2.71. The highest BCUT2D eigenvalue weighted by Gasteiger charge is 2.17. The minimum atomic E-state index is -0.214. The van der Waals surface area contributed by atoms with E-state index in [0.717, 1.165) is 4.90 Å². The molecule has 3 heteroatoms. The number of carbonyl (C=O) groups is 2. The number of hydrogen-bond donors (Lipinski definition) is 0. The Morgan fingerprint density at radius 1 is 1.78 bits per heavy atom. The van der Waals surface area contributed by atoms with E-state index in [1.807, 2.05) is 0 Å². The Morgan fingerprint density at radius 3 is 2.67 bits per heavy atom. The van der Waals surface area contributed by atoms with E-state index in [1.54, 1.807) is 6.08 Å². The van der Waals surface area contributed by atoms with Crippen molar-refractivity contribution in [2.24, 2.45) is 0 Å². The molecule has 1 aliphatic heterocycles. The summed E-state index contributed by atoms with van der Waals surface area (Å²) in [4.78, 5) is 22.3. The van der Waals surface area contributed by atoms with E-state index in [1.165, 1.54) is 13.1 Å².